The number of benzene rings is 1. The number of rotatable bonds is 6. The molecule has 0 aliphatic heterocycles. The lowest BCUT2D eigenvalue weighted by Gasteiger charge is -2.22. The minimum absolute atomic E-state index is 0.146. The Morgan fingerprint density at radius 3 is 2.58 bits per heavy atom. The lowest BCUT2D eigenvalue weighted by Crippen LogP contribution is -2.40. The van der Waals surface area contributed by atoms with Crippen LogP contribution in [0.25, 0.3) is 0 Å². The van der Waals surface area contributed by atoms with Crippen molar-refractivity contribution in [1.82, 2.24) is 5.32 Å². The van der Waals surface area contributed by atoms with Crippen molar-refractivity contribution in [3.63, 3.8) is 0 Å². The molecule has 0 spiro atoms. The fourth-order valence-corrected chi connectivity index (χ4v) is 2.14. The SMILES string of the molecule is CCC(C#N)(CC)C(=O)NCCc1cccc(C)c1. The Morgan fingerprint density at radius 2 is 2.05 bits per heavy atom. The van der Waals surface area contributed by atoms with E-state index in [-0.39, 0.29) is 5.91 Å². The van der Waals surface area contributed by atoms with Crippen LogP contribution in [0.3, 0.4) is 0 Å². The molecule has 0 atom stereocenters. The molecule has 3 heteroatoms. The van der Waals surface area contributed by atoms with E-state index in [2.05, 4.69) is 36.5 Å². The highest BCUT2D eigenvalue weighted by Crippen LogP contribution is 2.25. The molecule has 0 aliphatic carbocycles. The third-order valence-electron chi connectivity index (χ3n) is 3.64. The summed E-state index contributed by atoms with van der Waals surface area (Å²) in [5, 5.41) is 12.1. The zero-order valence-corrected chi connectivity index (χ0v) is 12.0. The zero-order chi connectivity index (χ0) is 14.3. The molecule has 0 heterocycles. The molecule has 1 aromatic rings. The van der Waals surface area contributed by atoms with Crippen LogP contribution in [0.15, 0.2) is 24.3 Å². The summed E-state index contributed by atoms with van der Waals surface area (Å²) in [5.74, 6) is -0.146. The molecule has 0 aromatic heterocycles. The Hall–Kier alpha value is -1.82. The highest BCUT2D eigenvalue weighted by Gasteiger charge is 2.34. The van der Waals surface area contributed by atoms with E-state index < -0.39 is 5.41 Å². The molecule has 0 radical (unpaired) electrons. The lowest BCUT2D eigenvalue weighted by atomic mass is 9.83. The molecular weight excluding hydrogens is 236 g/mol. The van der Waals surface area contributed by atoms with Gasteiger partial charge >= 0.3 is 0 Å². The van der Waals surface area contributed by atoms with Crippen molar-refractivity contribution in [2.75, 3.05) is 6.54 Å². The summed E-state index contributed by atoms with van der Waals surface area (Å²) in [6, 6.07) is 10.4. The normalized spacial score (nSPS) is 10.8. The molecule has 3 nitrogen and oxygen atoms in total. The number of carbonyl (C=O) groups is 1. The predicted octanol–water partition coefficient (Wildman–Crippen LogP) is 2.98. The maximum atomic E-state index is 12.1. The first-order valence-corrected chi connectivity index (χ1v) is 6.83. The van der Waals surface area contributed by atoms with Crippen molar-refractivity contribution < 1.29 is 4.79 Å². The number of aryl methyl sites for hydroxylation is 1. The van der Waals surface area contributed by atoms with Crippen LogP contribution in [0.4, 0.5) is 0 Å². The Labute approximate surface area is 115 Å². The fraction of sp³-hybridized carbons (Fsp3) is 0.500. The van der Waals surface area contributed by atoms with Crippen LogP contribution in [-0.2, 0) is 11.2 Å². The molecule has 102 valence electrons. The number of hydrogen-bond acceptors (Lipinski definition) is 2. The number of carbonyl (C=O) groups excluding carboxylic acids is 1. The zero-order valence-electron chi connectivity index (χ0n) is 12.0. The molecule has 1 rings (SSSR count). The van der Waals surface area contributed by atoms with Crippen LogP contribution in [0.1, 0.15) is 37.8 Å². The standard InChI is InChI=1S/C16H22N2O/c1-4-16(5-2,12-17)15(19)18-10-9-14-8-6-7-13(3)11-14/h6-8,11H,4-5,9-10H2,1-3H3,(H,18,19). The first kappa shape index (κ1) is 15.2. The Bertz CT molecular complexity index is 470. The quantitative estimate of drug-likeness (QED) is 0.852. The van der Waals surface area contributed by atoms with E-state index in [9.17, 15) is 10.1 Å². The molecule has 0 unspecified atom stereocenters. The number of amides is 1. The van der Waals surface area contributed by atoms with Gasteiger partial charge < -0.3 is 5.32 Å². The van der Waals surface area contributed by atoms with Gasteiger partial charge in [0.05, 0.1) is 6.07 Å². The van der Waals surface area contributed by atoms with Crippen molar-refractivity contribution in [2.45, 2.75) is 40.0 Å². The number of nitrogens with zero attached hydrogens (tertiary/aromatic N) is 1. The summed E-state index contributed by atoms with van der Waals surface area (Å²) >= 11 is 0. The number of hydrogen-bond donors (Lipinski definition) is 1. The van der Waals surface area contributed by atoms with E-state index in [0.717, 1.165) is 6.42 Å². The summed E-state index contributed by atoms with van der Waals surface area (Å²) in [4.78, 5) is 12.1. The van der Waals surface area contributed by atoms with Crippen LogP contribution in [-0.4, -0.2) is 12.5 Å². The molecule has 1 amide bonds. The van der Waals surface area contributed by atoms with Crippen molar-refractivity contribution in [3.8, 4) is 6.07 Å². The van der Waals surface area contributed by atoms with Gasteiger partial charge in [-0.2, -0.15) is 5.26 Å². The second-order valence-corrected chi connectivity index (χ2v) is 4.90. The van der Waals surface area contributed by atoms with E-state index in [4.69, 9.17) is 0 Å². The molecular formula is C16H22N2O. The third-order valence-corrected chi connectivity index (χ3v) is 3.64. The maximum Gasteiger partial charge on any atom is 0.240 e. The first-order valence-electron chi connectivity index (χ1n) is 6.83. The topological polar surface area (TPSA) is 52.9 Å². The van der Waals surface area contributed by atoms with E-state index >= 15 is 0 Å². The summed E-state index contributed by atoms with van der Waals surface area (Å²) in [6.07, 6.45) is 1.90. The Morgan fingerprint density at radius 1 is 1.37 bits per heavy atom. The van der Waals surface area contributed by atoms with Crippen LogP contribution >= 0.6 is 0 Å². The minimum atomic E-state index is -0.868. The number of nitriles is 1. The van der Waals surface area contributed by atoms with Gasteiger partial charge in [-0.1, -0.05) is 43.7 Å². The van der Waals surface area contributed by atoms with Gasteiger partial charge in [0.1, 0.15) is 5.41 Å². The molecule has 0 saturated heterocycles. The highest BCUT2D eigenvalue weighted by atomic mass is 16.2. The van der Waals surface area contributed by atoms with Crippen LogP contribution in [0, 0.1) is 23.7 Å². The van der Waals surface area contributed by atoms with Gasteiger partial charge in [0, 0.05) is 6.54 Å². The summed E-state index contributed by atoms with van der Waals surface area (Å²) in [5.41, 5.74) is 1.56. The van der Waals surface area contributed by atoms with Crippen molar-refractivity contribution >= 4 is 5.91 Å². The second kappa shape index (κ2) is 6.94. The monoisotopic (exact) mass is 258 g/mol. The third kappa shape index (κ3) is 3.82. The minimum Gasteiger partial charge on any atom is -0.354 e. The second-order valence-electron chi connectivity index (χ2n) is 4.90. The molecule has 19 heavy (non-hydrogen) atoms. The largest absolute Gasteiger partial charge is 0.354 e. The predicted molar refractivity (Wildman–Crippen MR) is 76.5 cm³/mol. The highest BCUT2D eigenvalue weighted by molar-refractivity contribution is 5.85. The summed E-state index contributed by atoms with van der Waals surface area (Å²) in [7, 11) is 0. The number of nitrogens with one attached hydrogen (secondary N) is 1. The smallest absolute Gasteiger partial charge is 0.240 e. The summed E-state index contributed by atoms with van der Waals surface area (Å²) < 4.78 is 0. The van der Waals surface area contributed by atoms with Gasteiger partial charge in [0.15, 0.2) is 0 Å². The van der Waals surface area contributed by atoms with E-state index in [1.54, 1.807) is 0 Å². The van der Waals surface area contributed by atoms with Gasteiger partial charge in [-0.3, -0.25) is 4.79 Å². The van der Waals surface area contributed by atoms with Gasteiger partial charge in [-0.15, -0.1) is 0 Å². The average molecular weight is 258 g/mol. The van der Waals surface area contributed by atoms with Gasteiger partial charge in [0.25, 0.3) is 0 Å². The summed E-state index contributed by atoms with van der Waals surface area (Å²) in [6.45, 7) is 6.39. The molecule has 0 aliphatic rings. The van der Waals surface area contributed by atoms with E-state index in [1.165, 1.54) is 11.1 Å². The molecule has 0 fully saturated rings. The van der Waals surface area contributed by atoms with Crippen molar-refractivity contribution in [1.29, 1.82) is 5.26 Å². The maximum absolute atomic E-state index is 12.1. The molecule has 0 saturated carbocycles. The van der Waals surface area contributed by atoms with Crippen molar-refractivity contribution in [3.05, 3.63) is 35.4 Å². The molecule has 0 bridgehead atoms. The van der Waals surface area contributed by atoms with E-state index in [0.29, 0.717) is 19.4 Å². The van der Waals surface area contributed by atoms with Crippen molar-refractivity contribution in [2.24, 2.45) is 5.41 Å². The fourth-order valence-electron chi connectivity index (χ4n) is 2.14. The lowest BCUT2D eigenvalue weighted by molar-refractivity contribution is -0.128. The van der Waals surface area contributed by atoms with E-state index in [1.807, 2.05) is 19.9 Å². The van der Waals surface area contributed by atoms with Crippen LogP contribution in [0.5, 0.6) is 0 Å². The van der Waals surface area contributed by atoms with Crippen LogP contribution < -0.4 is 5.32 Å². The average Bonchev–Trinajstić information content (AvgIpc) is 2.41. The Kier molecular flexibility index (Phi) is 5.57. The van der Waals surface area contributed by atoms with Gasteiger partial charge in [-0.25, -0.2) is 0 Å². The first-order chi connectivity index (χ1) is 9.07. The van der Waals surface area contributed by atoms with Gasteiger partial charge in [0.2, 0.25) is 5.91 Å². The Balaban J connectivity index is 2.54. The van der Waals surface area contributed by atoms with Crippen LogP contribution in [0.2, 0.25) is 0 Å². The molecule has 1 aromatic carbocycles. The van der Waals surface area contributed by atoms with Gasteiger partial charge in [-0.05, 0) is 31.7 Å². The molecule has 1 N–H and O–H groups in total.